The summed E-state index contributed by atoms with van der Waals surface area (Å²) in [6.45, 7) is 5.43. The number of hydrogen-bond donors (Lipinski definition) is 0. The number of nitrogens with zero attached hydrogens (tertiary/aromatic N) is 5. The number of hydrogen-bond acceptors (Lipinski definition) is 5. The average Bonchev–Trinajstić information content (AvgIpc) is 3.20. The van der Waals surface area contributed by atoms with Crippen LogP contribution in [0.25, 0.3) is 5.65 Å². The Hall–Kier alpha value is -2.28. The zero-order chi connectivity index (χ0) is 16.7. The number of carbonyl (C=O) groups excluding carboxylic acids is 1. The molecule has 1 fully saturated rings. The molecule has 0 N–H and O–H groups in total. The van der Waals surface area contributed by atoms with E-state index in [9.17, 15) is 4.79 Å². The van der Waals surface area contributed by atoms with Crippen molar-refractivity contribution in [1.82, 2.24) is 24.5 Å². The summed E-state index contributed by atoms with van der Waals surface area (Å²) in [7, 11) is 0. The number of piperidine rings is 1. The number of rotatable bonds is 2. The molecule has 1 saturated heterocycles. The quantitative estimate of drug-likeness (QED) is 0.719. The van der Waals surface area contributed by atoms with Crippen LogP contribution in [0.15, 0.2) is 23.8 Å². The first-order valence-corrected chi connectivity index (χ1v) is 9.02. The fourth-order valence-electron chi connectivity index (χ4n) is 3.20. The number of fused-ring (bicyclic) bond motifs is 1. The molecule has 0 unspecified atom stereocenters. The van der Waals surface area contributed by atoms with Crippen molar-refractivity contribution in [2.24, 2.45) is 0 Å². The highest BCUT2D eigenvalue weighted by atomic mass is 32.1. The average molecular weight is 341 g/mol. The second-order valence-corrected chi connectivity index (χ2v) is 7.20. The Morgan fingerprint density at radius 3 is 2.96 bits per heavy atom. The number of likely N-dealkylation sites (tertiary alicyclic amines) is 1. The Morgan fingerprint density at radius 1 is 1.29 bits per heavy atom. The van der Waals surface area contributed by atoms with Crippen LogP contribution >= 0.6 is 11.3 Å². The molecule has 1 atom stereocenters. The summed E-state index contributed by atoms with van der Waals surface area (Å²) in [4.78, 5) is 24.0. The van der Waals surface area contributed by atoms with Gasteiger partial charge in [-0.3, -0.25) is 4.79 Å². The fraction of sp³-hybridized carbons (Fsp3) is 0.412. The molecule has 4 heterocycles. The molecule has 6 nitrogen and oxygen atoms in total. The van der Waals surface area contributed by atoms with Crippen molar-refractivity contribution in [3.05, 3.63) is 45.8 Å². The number of thiazole rings is 1. The molecule has 0 saturated carbocycles. The highest BCUT2D eigenvalue weighted by Gasteiger charge is 2.28. The molecule has 7 heteroatoms. The van der Waals surface area contributed by atoms with Gasteiger partial charge in [0, 0.05) is 42.0 Å². The zero-order valence-electron chi connectivity index (χ0n) is 13.8. The second-order valence-electron chi connectivity index (χ2n) is 6.31. The SMILES string of the molecule is Cc1csc([C@@H]2CCCN(C(=O)c3cnn4ccc(C)nc34)C2)n1. The van der Waals surface area contributed by atoms with Gasteiger partial charge in [0.25, 0.3) is 5.91 Å². The van der Waals surface area contributed by atoms with Crippen LogP contribution in [0, 0.1) is 13.8 Å². The lowest BCUT2D eigenvalue weighted by molar-refractivity contribution is 0.0709. The fourth-order valence-corrected chi connectivity index (χ4v) is 4.13. The Morgan fingerprint density at radius 2 is 2.17 bits per heavy atom. The van der Waals surface area contributed by atoms with Crippen LogP contribution in [0.4, 0.5) is 0 Å². The van der Waals surface area contributed by atoms with E-state index in [2.05, 4.69) is 20.4 Å². The predicted molar refractivity (Wildman–Crippen MR) is 92.5 cm³/mol. The van der Waals surface area contributed by atoms with Crippen LogP contribution in [0.3, 0.4) is 0 Å². The molecule has 1 aliphatic heterocycles. The second kappa shape index (κ2) is 5.98. The molecule has 0 radical (unpaired) electrons. The third kappa shape index (κ3) is 2.69. The molecule has 1 amide bonds. The third-order valence-corrected chi connectivity index (χ3v) is 5.56. The third-order valence-electron chi connectivity index (χ3n) is 4.43. The van der Waals surface area contributed by atoms with Gasteiger partial charge in [-0.25, -0.2) is 14.5 Å². The number of aromatic nitrogens is 4. The largest absolute Gasteiger partial charge is 0.338 e. The van der Waals surface area contributed by atoms with Gasteiger partial charge in [0.2, 0.25) is 0 Å². The molecule has 0 aromatic carbocycles. The Labute approximate surface area is 144 Å². The predicted octanol–water partition coefficient (Wildman–Crippen LogP) is 2.82. The Bertz CT molecular complexity index is 899. The van der Waals surface area contributed by atoms with Gasteiger partial charge in [0.05, 0.1) is 11.2 Å². The van der Waals surface area contributed by atoms with E-state index in [1.165, 1.54) is 0 Å². The zero-order valence-corrected chi connectivity index (χ0v) is 14.6. The van der Waals surface area contributed by atoms with E-state index >= 15 is 0 Å². The van der Waals surface area contributed by atoms with Gasteiger partial charge in [-0.05, 0) is 32.8 Å². The van der Waals surface area contributed by atoms with E-state index in [-0.39, 0.29) is 5.91 Å². The van der Waals surface area contributed by atoms with E-state index in [4.69, 9.17) is 0 Å². The molecule has 3 aromatic heterocycles. The molecular formula is C17H19N5OS. The van der Waals surface area contributed by atoms with Crippen molar-refractivity contribution in [3.8, 4) is 0 Å². The van der Waals surface area contributed by atoms with Gasteiger partial charge < -0.3 is 4.90 Å². The van der Waals surface area contributed by atoms with Gasteiger partial charge in [-0.15, -0.1) is 11.3 Å². The molecule has 3 aromatic rings. The summed E-state index contributed by atoms with van der Waals surface area (Å²) >= 11 is 1.69. The van der Waals surface area contributed by atoms with E-state index in [0.717, 1.165) is 42.3 Å². The minimum Gasteiger partial charge on any atom is -0.338 e. The van der Waals surface area contributed by atoms with Gasteiger partial charge in [0.15, 0.2) is 5.65 Å². The van der Waals surface area contributed by atoms with E-state index < -0.39 is 0 Å². The van der Waals surface area contributed by atoms with Crippen LogP contribution in [0.1, 0.15) is 45.5 Å². The monoisotopic (exact) mass is 341 g/mol. The molecule has 0 aliphatic carbocycles. The summed E-state index contributed by atoms with van der Waals surface area (Å²) in [5.41, 5.74) is 3.15. The Kier molecular flexibility index (Phi) is 3.80. The van der Waals surface area contributed by atoms with Crippen LogP contribution < -0.4 is 0 Å². The molecular weight excluding hydrogens is 322 g/mol. The normalized spacial score (nSPS) is 18.2. The summed E-state index contributed by atoms with van der Waals surface area (Å²) in [5, 5.41) is 7.47. The van der Waals surface area contributed by atoms with Crippen molar-refractivity contribution in [1.29, 1.82) is 0 Å². The lowest BCUT2D eigenvalue weighted by atomic mass is 9.98. The molecule has 1 aliphatic rings. The molecule has 24 heavy (non-hydrogen) atoms. The summed E-state index contributed by atoms with van der Waals surface area (Å²) < 4.78 is 1.66. The van der Waals surface area contributed by atoms with Crippen molar-refractivity contribution in [2.75, 3.05) is 13.1 Å². The van der Waals surface area contributed by atoms with Gasteiger partial charge in [-0.2, -0.15) is 5.10 Å². The standard InChI is InChI=1S/C17H19N5OS/c1-11-5-7-22-15(19-11)14(8-18-22)17(23)21-6-3-4-13(9-21)16-20-12(2)10-24-16/h5,7-8,10,13H,3-4,6,9H2,1-2H3/t13-/m1/s1. The maximum Gasteiger partial charge on any atom is 0.259 e. The first kappa shape index (κ1) is 15.3. The van der Waals surface area contributed by atoms with Crippen molar-refractivity contribution < 1.29 is 4.79 Å². The lowest BCUT2D eigenvalue weighted by Crippen LogP contribution is -2.39. The van der Waals surface area contributed by atoms with Crippen molar-refractivity contribution >= 4 is 22.9 Å². The minimum atomic E-state index is 0.0149. The first-order chi connectivity index (χ1) is 11.6. The van der Waals surface area contributed by atoms with Gasteiger partial charge in [0.1, 0.15) is 5.56 Å². The van der Waals surface area contributed by atoms with E-state index in [0.29, 0.717) is 17.1 Å². The molecule has 0 spiro atoms. The molecule has 4 rings (SSSR count). The van der Waals surface area contributed by atoms with Crippen LogP contribution in [0.2, 0.25) is 0 Å². The first-order valence-electron chi connectivity index (χ1n) is 8.14. The summed E-state index contributed by atoms with van der Waals surface area (Å²) in [5.74, 6) is 0.346. The van der Waals surface area contributed by atoms with Crippen LogP contribution in [0.5, 0.6) is 0 Å². The van der Waals surface area contributed by atoms with Gasteiger partial charge >= 0.3 is 0 Å². The highest BCUT2D eigenvalue weighted by molar-refractivity contribution is 7.09. The highest BCUT2D eigenvalue weighted by Crippen LogP contribution is 2.30. The van der Waals surface area contributed by atoms with Crippen molar-refractivity contribution in [3.63, 3.8) is 0 Å². The lowest BCUT2D eigenvalue weighted by Gasteiger charge is -2.31. The topological polar surface area (TPSA) is 63.4 Å². The maximum atomic E-state index is 13.0. The van der Waals surface area contributed by atoms with Crippen LogP contribution in [-0.2, 0) is 0 Å². The van der Waals surface area contributed by atoms with E-state index in [1.807, 2.05) is 31.0 Å². The molecule has 0 bridgehead atoms. The number of aryl methyl sites for hydroxylation is 2. The maximum absolute atomic E-state index is 13.0. The summed E-state index contributed by atoms with van der Waals surface area (Å²) in [6.07, 6.45) is 5.55. The molecule has 124 valence electrons. The van der Waals surface area contributed by atoms with Crippen LogP contribution in [-0.4, -0.2) is 43.5 Å². The Balaban J connectivity index is 1.60. The minimum absolute atomic E-state index is 0.0149. The number of carbonyl (C=O) groups is 1. The summed E-state index contributed by atoms with van der Waals surface area (Å²) in [6, 6.07) is 1.88. The smallest absolute Gasteiger partial charge is 0.259 e. The van der Waals surface area contributed by atoms with Gasteiger partial charge in [-0.1, -0.05) is 0 Å². The number of amides is 1. The van der Waals surface area contributed by atoms with Crippen molar-refractivity contribution in [2.45, 2.75) is 32.6 Å². The van der Waals surface area contributed by atoms with E-state index in [1.54, 1.807) is 22.0 Å².